The molecule has 4 heterocycles. The Morgan fingerprint density at radius 1 is 1.06 bits per heavy atom. The van der Waals surface area contributed by atoms with E-state index < -0.39 is 0 Å². The number of benzene rings is 1. The zero-order valence-corrected chi connectivity index (χ0v) is 19.1. The van der Waals surface area contributed by atoms with Crippen molar-refractivity contribution in [2.45, 2.75) is 19.8 Å². The number of morpholine rings is 1. The van der Waals surface area contributed by atoms with Gasteiger partial charge in [-0.2, -0.15) is 4.52 Å². The summed E-state index contributed by atoms with van der Waals surface area (Å²) in [6.07, 6.45) is 1.66. The van der Waals surface area contributed by atoms with E-state index in [9.17, 15) is 4.79 Å². The van der Waals surface area contributed by atoms with Crippen molar-refractivity contribution in [1.29, 1.82) is 0 Å². The number of nitrogens with zero attached hydrogens (tertiary/aromatic N) is 6. The molecule has 2 saturated heterocycles. The molecule has 1 amide bonds. The topological polar surface area (TPSA) is 87.9 Å². The monoisotopic (exact) mass is 449 g/mol. The van der Waals surface area contributed by atoms with Crippen molar-refractivity contribution in [3.8, 4) is 11.4 Å². The quantitative estimate of drug-likeness (QED) is 0.614. The van der Waals surface area contributed by atoms with Crippen LogP contribution in [0.3, 0.4) is 0 Å². The first kappa shape index (κ1) is 21.8. The Balaban J connectivity index is 1.19. The van der Waals surface area contributed by atoms with Crippen LogP contribution in [-0.4, -0.2) is 83.1 Å². The number of piperidine rings is 1. The fourth-order valence-corrected chi connectivity index (χ4v) is 4.62. The third-order valence-corrected chi connectivity index (χ3v) is 6.66. The van der Waals surface area contributed by atoms with Crippen molar-refractivity contribution in [2.75, 3.05) is 57.4 Å². The minimum absolute atomic E-state index is 0.0621. The van der Waals surface area contributed by atoms with Crippen molar-refractivity contribution in [3.05, 3.63) is 42.0 Å². The molecule has 1 N–H and O–H groups in total. The van der Waals surface area contributed by atoms with Crippen LogP contribution in [0.1, 0.15) is 18.4 Å². The van der Waals surface area contributed by atoms with Gasteiger partial charge in [0.15, 0.2) is 11.5 Å². The highest BCUT2D eigenvalue weighted by atomic mass is 16.5. The van der Waals surface area contributed by atoms with Crippen molar-refractivity contribution in [2.24, 2.45) is 5.92 Å². The van der Waals surface area contributed by atoms with E-state index in [-0.39, 0.29) is 11.8 Å². The van der Waals surface area contributed by atoms with Gasteiger partial charge in [0, 0.05) is 50.7 Å². The first-order chi connectivity index (χ1) is 16.2. The molecule has 174 valence electrons. The minimum atomic E-state index is 0.0621. The average Bonchev–Trinajstić information content (AvgIpc) is 3.28. The lowest BCUT2D eigenvalue weighted by atomic mass is 9.96. The first-order valence-electron chi connectivity index (χ1n) is 11.8. The van der Waals surface area contributed by atoms with E-state index in [4.69, 9.17) is 9.84 Å². The second-order valence-electron chi connectivity index (χ2n) is 8.81. The lowest BCUT2D eigenvalue weighted by Gasteiger charge is -2.32. The van der Waals surface area contributed by atoms with E-state index in [0.717, 1.165) is 87.2 Å². The van der Waals surface area contributed by atoms with Crippen LogP contribution >= 0.6 is 0 Å². The third-order valence-electron chi connectivity index (χ3n) is 6.66. The normalized spacial score (nSPS) is 18.0. The molecule has 2 fully saturated rings. The summed E-state index contributed by atoms with van der Waals surface area (Å²) in [5, 5.41) is 16.6. The molecule has 0 aliphatic carbocycles. The molecule has 9 nitrogen and oxygen atoms in total. The molecule has 2 aliphatic rings. The lowest BCUT2D eigenvalue weighted by Crippen LogP contribution is -2.44. The van der Waals surface area contributed by atoms with Crippen molar-refractivity contribution in [1.82, 2.24) is 30.0 Å². The number of fused-ring (bicyclic) bond motifs is 1. The van der Waals surface area contributed by atoms with Gasteiger partial charge in [-0.3, -0.25) is 9.69 Å². The van der Waals surface area contributed by atoms with Crippen LogP contribution in [0.25, 0.3) is 17.0 Å². The molecule has 0 bridgehead atoms. The van der Waals surface area contributed by atoms with Gasteiger partial charge in [-0.05, 0) is 37.5 Å². The van der Waals surface area contributed by atoms with Gasteiger partial charge in [0.25, 0.3) is 0 Å². The summed E-state index contributed by atoms with van der Waals surface area (Å²) < 4.78 is 7.20. The van der Waals surface area contributed by atoms with Gasteiger partial charge in [-0.1, -0.05) is 24.3 Å². The fourth-order valence-electron chi connectivity index (χ4n) is 4.62. The molecule has 0 unspecified atom stereocenters. The second kappa shape index (κ2) is 9.84. The molecule has 0 atom stereocenters. The largest absolute Gasteiger partial charge is 0.379 e. The van der Waals surface area contributed by atoms with E-state index in [1.54, 1.807) is 0 Å². The van der Waals surface area contributed by atoms with Crippen LogP contribution in [-0.2, 0) is 9.53 Å². The number of ether oxygens (including phenoxy) is 1. The molecule has 2 aliphatic heterocycles. The number of hydrogen-bond donors (Lipinski definition) is 1. The maximum Gasteiger partial charge on any atom is 0.223 e. The molecule has 3 aromatic rings. The molecular formula is C24H31N7O2. The number of aryl methyl sites for hydroxylation is 1. The van der Waals surface area contributed by atoms with E-state index in [2.05, 4.69) is 38.3 Å². The van der Waals surface area contributed by atoms with Crippen LogP contribution in [0, 0.1) is 12.8 Å². The van der Waals surface area contributed by atoms with Crippen molar-refractivity contribution < 1.29 is 9.53 Å². The average molecular weight is 450 g/mol. The molecule has 0 spiro atoms. The number of amides is 1. The number of carbonyl (C=O) groups excluding carboxylic acids is 1. The van der Waals surface area contributed by atoms with Gasteiger partial charge in [0.2, 0.25) is 5.91 Å². The molecule has 9 heteroatoms. The van der Waals surface area contributed by atoms with Crippen LogP contribution in [0.2, 0.25) is 0 Å². The number of aromatic nitrogens is 4. The zero-order chi connectivity index (χ0) is 22.6. The maximum absolute atomic E-state index is 12.6. The molecule has 0 radical (unpaired) electrons. The highest BCUT2D eigenvalue weighted by molar-refractivity contribution is 5.79. The standard InChI is InChI=1S/C24H31N7O2/c1-18-4-2-3-5-20(18)23-27-26-21-6-7-22(28-31(21)23)30-11-8-19(9-12-30)24(32)25-10-13-29-14-16-33-17-15-29/h2-7,19H,8-17H2,1H3,(H,25,32). The van der Waals surface area contributed by atoms with Gasteiger partial charge >= 0.3 is 0 Å². The molecule has 1 aromatic carbocycles. The third kappa shape index (κ3) is 4.84. The Labute approximate surface area is 193 Å². The van der Waals surface area contributed by atoms with E-state index in [1.165, 1.54) is 0 Å². The van der Waals surface area contributed by atoms with Gasteiger partial charge in [-0.25, -0.2) is 0 Å². The van der Waals surface area contributed by atoms with Gasteiger partial charge < -0.3 is 15.0 Å². The Bertz CT molecular complexity index is 1100. The number of rotatable bonds is 6. The first-order valence-corrected chi connectivity index (χ1v) is 11.8. The Morgan fingerprint density at radius 2 is 1.85 bits per heavy atom. The van der Waals surface area contributed by atoms with Crippen molar-refractivity contribution in [3.63, 3.8) is 0 Å². The Kier molecular flexibility index (Phi) is 6.50. The SMILES string of the molecule is Cc1ccccc1-c1nnc2ccc(N3CCC(C(=O)NCCN4CCOCC4)CC3)nn12. The molecule has 0 saturated carbocycles. The lowest BCUT2D eigenvalue weighted by molar-refractivity contribution is -0.125. The summed E-state index contributed by atoms with van der Waals surface area (Å²) in [5.74, 6) is 1.88. The van der Waals surface area contributed by atoms with E-state index >= 15 is 0 Å². The molecule has 5 rings (SSSR count). The maximum atomic E-state index is 12.6. The second-order valence-corrected chi connectivity index (χ2v) is 8.81. The molecular weight excluding hydrogens is 418 g/mol. The zero-order valence-electron chi connectivity index (χ0n) is 19.1. The van der Waals surface area contributed by atoms with Gasteiger partial charge in [0.1, 0.15) is 5.82 Å². The summed E-state index contributed by atoms with van der Waals surface area (Å²) >= 11 is 0. The van der Waals surface area contributed by atoms with Crippen LogP contribution in [0.15, 0.2) is 36.4 Å². The predicted octanol–water partition coefficient (Wildman–Crippen LogP) is 1.76. The summed E-state index contributed by atoms with van der Waals surface area (Å²) in [4.78, 5) is 17.2. The van der Waals surface area contributed by atoms with Gasteiger partial charge in [-0.15, -0.1) is 15.3 Å². The summed E-state index contributed by atoms with van der Waals surface area (Å²) in [6, 6.07) is 12.1. The molecule has 2 aromatic heterocycles. The van der Waals surface area contributed by atoms with Gasteiger partial charge in [0.05, 0.1) is 13.2 Å². The summed E-state index contributed by atoms with van der Waals surface area (Å²) in [5.41, 5.74) is 2.90. The van der Waals surface area contributed by atoms with Crippen LogP contribution in [0.4, 0.5) is 5.82 Å². The van der Waals surface area contributed by atoms with Crippen LogP contribution in [0.5, 0.6) is 0 Å². The smallest absolute Gasteiger partial charge is 0.223 e. The fraction of sp³-hybridized carbons (Fsp3) is 0.500. The van der Waals surface area contributed by atoms with Crippen LogP contribution < -0.4 is 10.2 Å². The van der Waals surface area contributed by atoms with E-state index in [0.29, 0.717) is 6.54 Å². The summed E-state index contributed by atoms with van der Waals surface area (Å²) in [6.45, 7) is 8.74. The Morgan fingerprint density at radius 3 is 2.64 bits per heavy atom. The highest BCUT2D eigenvalue weighted by Crippen LogP contribution is 2.25. The predicted molar refractivity (Wildman–Crippen MR) is 126 cm³/mol. The number of carbonyl (C=O) groups is 1. The Hall–Kier alpha value is -3.04. The number of hydrogen-bond acceptors (Lipinski definition) is 7. The van der Waals surface area contributed by atoms with E-state index in [1.807, 2.05) is 34.8 Å². The molecule has 33 heavy (non-hydrogen) atoms. The minimum Gasteiger partial charge on any atom is -0.379 e. The highest BCUT2D eigenvalue weighted by Gasteiger charge is 2.26. The van der Waals surface area contributed by atoms with Crippen molar-refractivity contribution >= 4 is 17.4 Å². The number of nitrogens with one attached hydrogen (secondary N) is 1. The number of anilines is 1. The summed E-state index contributed by atoms with van der Waals surface area (Å²) in [7, 11) is 0.